The predicted molar refractivity (Wildman–Crippen MR) is 91.1 cm³/mol. The Hall–Kier alpha value is -2.14. The molecule has 2 rings (SSSR count). The molecule has 0 aliphatic carbocycles. The van der Waals surface area contributed by atoms with Crippen LogP contribution in [-0.4, -0.2) is 20.6 Å². The van der Waals surface area contributed by atoms with Crippen LogP contribution in [0.2, 0.25) is 0 Å². The lowest BCUT2D eigenvalue weighted by molar-refractivity contribution is 0.0934. The van der Waals surface area contributed by atoms with Crippen LogP contribution in [0.15, 0.2) is 59.5 Å². The number of hydrogen-bond acceptors (Lipinski definition) is 3. The van der Waals surface area contributed by atoms with E-state index in [0.717, 1.165) is 24.7 Å². The molecule has 1 amide bonds. The molecule has 0 fully saturated rings. The summed E-state index contributed by atoms with van der Waals surface area (Å²) in [5, 5.41) is 3.02. The zero-order valence-corrected chi connectivity index (χ0v) is 14.1. The Labute approximate surface area is 137 Å². The number of benzene rings is 2. The second kappa shape index (κ2) is 7.42. The highest BCUT2D eigenvalue weighted by atomic mass is 32.2. The lowest BCUT2D eigenvalue weighted by Crippen LogP contribution is -2.28. The Morgan fingerprint density at radius 1 is 1.04 bits per heavy atom. The normalized spacial score (nSPS) is 12.6. The molecular formula is C18H21NO3S. The Kier molecular flexibility index (Phi) is 5.55. The molecule has 23 heavy (non-hydrogen) atoms. The molecule has 122 valence electrons. The molecule has 0 radical (unpaired) electrons. The molecule has 5 heteroatoms. The van der Waals surface area contributed by atoms with Gasteiger partial charge in [0.2, 0.25) is 0 Å². The molecule has 0 bridgehead atoms. The number of carbonyl (C=O) groups excluding carboxylic acids is 1. The fourth-order valence-corrected chi connectivity index (χ4v) is 3.02. The van der Waals surface area contributed by atoms with E-state index in [-0.39, 0.29) is 16.8 Å². The van der Waals surface area contributed by atoms with Gasteiger partial charge < -0.3 is 5.32 Å². The van der Waals surface area contributed by atoms with E-state index in [1.807, 2.05) is 30.3 Å². The van der Waals surface area contributed by atoms with E-state index < -0.39 is 9.84 Å². The van der Waals surface area contributed by atoms with Gasteiger partial charge in [0.1, 0.15) is 0 Å². The maximum Gasteiger partial charge on any atom is 0.251 e. The zero-order chi connectivity index (χ0) is 16.9. The fourth-order valence-electron chi connectivity index (χ4n) is 2.39. The maximum absolute atomic E-state index is 12.4. The highest BCUT2D eigenvalue weighted by Crippen LogP contribution is 2.19. The van der Waals surface area contributed by atoms with Crippen molar-refractivity contribution in [2.75, 3.05) is 6.26 Å². The van der Waals surface area contributed by atoms with Crippen molar-refractivity contribution in [2.45, 2.75) is 30.7 Å². The van der Waals surface area contributed by atoms with E-state index in [1.165, 1.54) is 12.1 Å². The third-order valence-corrected chi connectivity index (χ3v) is 4.76. The summed E-state index contributed by atoms with van der Waals surface area (Å²) in [6.45, 7) is 2.07. The summed E-state index contributed by atoms with van der Waals surface area (Å²) in [5.74, 6) is -0.202. The van der Waals surface area contributed by atoms with Crippen LogP contribution in [0.4, 0.5) is 0 Å². The van der Waals surface area contributed by atoms with Crippen molar-refractivity contribution in [3.8, 4) is 0 Å². The molecule has 0 spiro atoms. The van der Waals surface area contributed by atoms with Crippen molar-refractivity contribution in [1.82, 2.24) is 5.32 Å². The average molecular weight is 331 g/mol. The third-order valence-electron chi connectivity index (χ3n) is 3.63. The largest absolute Gasteiger partial charge is 0.345 e. The molecule has 0 aliphatic heterocycles. The Bertz CT molecular complexity index is 753. The highest BCUT2D eigenvalue weighted by molar-refractivity contribution is 7.90. The molecule has 4 nitrogen and oxygen atoms in total. The van der Waals surface area contributed by atoms with Gasteiger partial charge in [0.05, 0.1) is 10.9 Å². The molecule has 0 saturated carbocycles. The molecule has 1 N–H and O–H groups in total. The fraction of sp³-hybridized carbons (Fsp3) is 0.278. The van der Waals surface area contributed by atoms with Crippen molar-refractivity contribution >= 4 is 15.7 Å². The molecular weight excluding hydrogens is 310 g/mol. The number of sulfone groups is 1. The second-order valence-corrected chi connectivity index (χ2v) is 7.54. The summed E-state index contributed by atoms with van der Waals surface area (Å²) in [7, 11) is -3.25. The summed E-state index contributed by atoms with van der Waals surface area (Å²) in [6.07, 6.45) is 2.94. The van der Waals surface area contributed by atoms with E-state index in [1.54, 1.807) is 12.1 Å². The SMILES string of the molecule is CCCC(NC(=O)c1ccc(S(C)(=O)=O)cc1)c1ccccc1. The number of amides is 1. The van der Waals surface area contributed by atoms with Crippen molar-refractivity contribution in [3.63, 3.8) is 0 Å². The number of carbonyl (C=O) groups is 1. The minimum Gasteiger partial charge on any atom is -0.345 e. The maximum atomic E-state index is 12.4. The van der Waals surface area contributed by atoms with E-state index in [2.05, 4.69) is 12.2 Å². The first-order chi connectivity index (χ1) is 10.9. The Morgan fingerprint density at radius 3 is 2.17 bits per heavy atom. The van der Waals surface area contributed by atoms with E-state index >= 15 is 0 Å². The molecule has 2 aromatic carbocycles. The van der Waals surface area contributed by atoms with Crippen LogP contribution in [0.5, 0.6) is 0 Å². The predicted octanol–water partition coefficient (Wildman–Crippen LogP) is 3.36. The van der Waals surface area contributed by atoms with Crippen LogP contribution in [-0.2, 0) is 9.84 Å². The Morgan fingerprint density at radius 2 is 1.65 bits per heavy atom. The van der Waals surface area contributed by atoms with Crippen LogP contribution < -0.4 is 5.32 Å². The zero-order valence-electron chi connectivity index (χ0n) is 13.3. The van der Waals surface area contributed by atoms with Crippen molar-refractivity contribution < 1.29 is 13.2 Å². The quantitative estimate of drug-likeness (QED) is 0.883. The van der Waals surface area contributed by atoms with Gasteiger partial charge in [-0.3, -0.25) is 4.79 Å². The van der Waals surface area contributed by atoms with Gasteiger partial charge in [0.15, 0.2) is 9.84 Å². The van der Waals surface area contributed by atoms with Gasteiger partial charge in [-0.1, -0.05) is 43.7 Å². The summed E-state index contributed by atoms with van der Waals surface area (Å²) in [4.78, 5) is 12.6. The van der Waals surface area contributed by atoms with Crippen LogP contribution in [0.3, 0.4) is 0 Å². The van der Waals surface area contributed by atoms with Crippen molar-refractivity contribution in [3.05, 3.63) is 65.7 Å². The average Bonchev–Trinajstić information content (AvgIpc) is 2.54. The van der Waals surface area contributed by atoms with Gasteiger partial charge >= 0.3 is 0 Å². The highest BCUT2D eigenvalue weighted by Gasteiger charge is 2.15. The monoisotopic (exact) mass is 331 g/mol. The van der Waals surface area contributed by atoms with E-state index in [4.69, 9.17) is 0 Å². The van der Waals surface area contributed by atoms with Crippen LogP contribution in [0.25, 0.3) is 0 Å². The van der Waals surface area contributed by atoms with Crippen LogP contribution in [0.1, 0.15) is 41.7 Å². The van der Waals surface area contributed by atoms with Gasteiger partial charge in [-0.15, -0.1) is 0 Å². The summed E-state index contributed by atoms with van der Waals surface area (Å²) >= 11 is 0. The molecule has 2 aromatic rings. The van der Waals surface area contributed by atoms with Gasteiger partial charge in [0, 0.05) is 11.8 Å². The molecule has 0 saturated heterocycles. The number of hydrogen-bond donors (Lipinski definition) is 1. The molecule has 0 aliphatic rings. The van der Waals surface area contributed by atoms with Gasteiger partial charge in [0.25, 0.3) is 5.91 Å². The standard InChI is InChI=1S/C18H21NO3S/c1-3-7-17(14-8-5-4-6-9-14)19-18(20)15-10-12-16(13-11-15)23(2,21)22/h4-6,8-13,17H,3,7H2,1-2H3,(H,19,20). The minimum absolute atomic E-state index is 0.0525. The van der Waals surface area contributed by atoms with Crippen LogP contribution in [0, 0.1) is 0 Å². The minimum atomic E-state index is -3.25. The first-order valence-corrected chi connectivity index (χ1v) is 9.47. The van der Waals surface area contributed by atoms with Crippen LogP contribution >= 0.6 is 0 Å². The third kappa shape index (κ3) is 4.66. The molecule has 1 atom stereocenters. The van der Waals surface area contributed by atoms with Gasteiger partial charge in [-0.2, -0.15) is 0 Å². The number of nitrogens with one attached hydrogen (secondary N) is 1. The lowest BCUT2D eigenvalue weighted by Gasteiger charge is -2.18. The molecule has 0 heterocycles. The Balaban J connectivity index is 2.16. The van der Waals surface area contributed by atoms with Crippen molar-refractivity contribution in [1.29, 1.82) is 0 Å². The first-order valence-electron chi connectivity index (χ1n) is 7.57. The lowest BCUT2D eigenvalue weighted by atomic mass is 10.0. The smallest absolute Gasteiger partial charge is 0.251 e. The van der Waals surface area contributed by atoms with Gasteiger partial charge in [-0.05, 0) is 36.2 Å². The summed E-state index contributed by atoms with van der Waals surface area (Å²) in [6, 6.07) is 15.8. The van der Waals surface area contributed by atoms with Crippen molar-refractivity contribution in [2.24, 2.45) is 0 Å². The van der Waals surface area contributed by atoms with Gasteiger partial charge in [-0.25, -0.2) is 8.42 Å². The molecule has 0 aromatic heterocycles. The number of rotatable bonds is 6. The van der Waals surface area contributed by atoms with E-state index in [0.29, 0.717) is 5.56 Å². The van der Waals surface area contributed by atoms with E-state index in [9.17, 15) is 13.2 Å². The molecule has 1 unspecified atom stereocenters. The summed E-state index contributed by atoms with van der Waals surface area (Å²) in [5.41, 5.74) is 1.52. The second-order valence-electron chi connectivity index (χ2n) is 5.52. The topological polar surface area (TPSA) is 63.2 Å². The summed E-state index contributed by atoms with van der Waals surface area (Å²) < 4.78 is 22.9. The first kappa shape index (κ1) is 17.2.